The first-order valence-corrected chi connectivity index (χ1v) is 4.47. The van der Waals surface area contributed by atoms with Crippen molar-refractivity contribution in [1.82, 2.24) is 0 Å². The van der Waals surface area contributed by atoms with Crippen molar-refractivity contribution < 1.29 is 9.23 Å². The summed E-state index contributed by atoms with van der Waals surface area (Å²) in [6, 6.07) is 6.55. The summed E-state index contributed by atoms with van der Waals surface area (Å²) in [6.07, 6.45) is 0.270. The SMILES string of the molecule is NCC1=NO[C@H](c2ccccc2F)C1. The van der Waals surface area contributed by atoms with E-state index in [4.69, 9.17) is 10.6 Å². The van der Waals surface area contributed by atoms with Gasteiger partial charge in [-0.2, -0.15) is 0 Å². The number of nitrogens with two attached hydrogens (primary N) is 1. The van der Waals surface area contributed by atoms with Gasteiger partial charge in [-0.25, -0.2) is 4.39 Å². The summed E-state index contributed by atoms with van der Waals surface area (Å²) in [6.45, 7) is 0.366. The highest BCUT2D eigenvalue weighted by Gasteiger charge is 2.23. The molecule has 3 nitrogen and oxygen atoms in total. The molecule has 0 saturated heterocycles. The van der Waals surface area contributed by atoms with Gasteiger partial charge < -0.3 is 10.6 Å². The Balaban J connectivity index is 2.16. The van der Waals surface area contributed by atoms with Crippen molar-refractivity contribution in [3.63, 3.8) is 0 Å². The summed E-state index contributed by atoms with van der Waals surface area (Å²) in [5.74, 6) is -0.258. The maximum absolute atomic E-state index is 13.3. The zero-order chi connectivity index (χ0) is 9.97. The molecule has 0 fully saturated rings. The van der Waals surface area contributed by atoms with Crippen molar-refractivity contribution in [3.05, 3.63) is 35.6 Å². The van der Waals surface area contributed by atoms with Gasteiger partial charge in [0, 0.05) is 18.5 Å². The molecule has 1 aromatic rings. The molecule has 14 heavy (non-hydrogen) atoms. The Morgan fingerprint density at radius 2 is 2.29 bits per heavy atom. The van der Waals surface area contributed by atoms with Crippen LogP contribution in [-0.2, 0) is 4.84 Å². The quantitative estimate of drug-likeness (QED) is 0.777. The number of benzene rings is 1. The summed E-state index contributed by atoms with van der Waals surface area (Å²) in [7, 11) is 0. The largest absolute Gasteiger partial charge is 0.387 e. The van der Waals surface area contributed by atoms with E-state index in [9.17, 15) is 4.39 Å². The van der Waals surface area contributed by atoms with Crippen LogP contribution in [0.4, 0.5) is 4.39 Å². The Morgan fingerprint density at radius 3 is 2.93 bits per heavy atom. The van der Waals surface area contributed by atoms with Crippen molar-refractivity contribution in [1.29, 1.82) is 0 Å². The lowest BCUT2D eigenvalue weighted by molar-refractivity contribution is 0.0829. The van der Waals surface area contributed by atoms with E-state index >= 15 is 0 Å². The van der Waals surface area contributed by atoms with E-state index in [-0.39, 0.29) is 11.9 Å². The molecule has 0 bridgehead atoms. The number of nitrogens with zero attached hydrogens (tertiary/aromatic N) is 1. The number of rotatable bonds is 2. The van der Waals surface area contributed by atoms with Gasteiger partial charge in [-0.1, -0.05) is 23.4 Å². The molecule has 1 atom stereocenters. The number of hydrogen-bond donors (Lipinski definition) is 1. The second-order valence-electron chi connectivity index (χ2n) is 3.18. The van der Waals surface area contributed by atoms with E-state index in [1.807, 2.05) is 0 Å². The van der Waals surface area contributed by atoms with E-state index in [0.29, 0.717) is 18.5 Å². The standard InChI is InChI=1S/C10H11FN2O/c11-9-4-2-1-3-8(9)10-5-7(6-12)13-14-10/h1-4,10H,5-6,12H2/t10-/m0/s1. The highest BCUT2D eigenvalue weighted by molar-refractivity contribution is 5.87. The smallest absolute Gasteiger partial charge is 0.160 e. The third-order valence-corrected chi connectivity index (χ3v) is 2.22. The fraction of sp³-hybridized carbons (Fsp3) is 0.300. The Hall–Kier alpha value is -1.42. The van der Waals surface area contributed by atoms with E-state index in [0.717, 1.165) is 5.71 Å². The lowest BCUT2D eigenvalue weighted by Gasteiger charge is -2.08. The fourth-order valence-electron chi connectivity index (χ4n) is 1.45. The minimum absolute atomic E-state index is 0.258. The summed E-state index contributed by atoms with van der Waals surface area (Å²) < 4.78 is 13.3. The van der Waals surface area contributed by atoms with Crippen LogP contribution < -0.4 is 5.73 Å². The predicted molar refractivity (Wildman–Crippen MR) is 51.3 cm³/mol. The van der Waals surface area contributed by atoms with Crippen LogP contribution in [0, 0.1) is 5.82 Å². The van der Waals surface area contributed by atoms with Gasteiger partial charge in [0.2, 0.25) is 0 Å². The Kier molecular flexibility index (Phi) is 2.45. The van der Waals surface area contributed by atoms with Crippen molar-refractivity contribution in [3.8, 4) is 0 Å². The van der Waals surface area contributed by atoms with Gasteiger partial charge in [0.1, 0.15) is 5.82 Å². The Morgan fingerprint density at radius 1 is 1.50 bits per heavy atom. The zero-order valence-corrected chi connectivity index (χ0v) is 7.61. The van der Waals surface area contributed by atoms with Crippen molar-refractivity contribution in [2.24, 2.45) is 10.9 Å². The minimum Gasteiger partial charge on any atom is -0.387 e. The Bertz CT molecular complexity index is 365. The molecule has 0 aliphatic carbocycles. The summed E-state index contributed by atoms with van der Waals surface area (Å²) >= 11 is 0. The van der Waals surface area contributed by atoms with Crippen LogP contribution in [0.15, 0.2) is 29.4 Å². The van der Waals surface area contributed by atoms with Crippen LogP contribution in [0.2, 0.25) is 0 Å². The molecule has 0 aromatic heterocycles. The molecule has 1 aliphatic heterocycles. The van der Waals surface area contributed by atoms with Crippen molar-refractivity contribution >= 4 is 5.71 Å². The molecule has 0 saturated carbocycles. The maximum Gasteiger partial charge on any atom is 0.160 e. The van der Waals surface area contributed by atoms with E-state index in [1.54, 1.807) is 18.2 Å². The van der Waals surface area contributed by atoms with E-state index in [2.05, 4.69) is 5.16 Å². The van der Waals surface area contributed by atoms with Crippen LogP contribution in [-0.4, -0.2) is 12.3 Å². The lowest BCUT2D eigenvalue weighted by atomic mass is 10.0. The topological polar surface area (TPSA) is 47.6 Å². The highest BCUT2D eigenvalue weighted by atomic mass is 19.1. The average molecular weight is 194 g/mol. The molecule has 1 heterocycles. The number of oxime groups is 1. The molecular weight excluding hydrogens is 183 g/mol. The van der Waals surface area contributed by atoms with Crippen molar-refractivity contribution in [2.45, 2.75) is 12.5 Å². The van der Waals surface area contributed by atoms with Gasteiger partial charge in [0.25, 0.3) is 0 Å². The van der Waals surface area contributed by atoms with Gasteiger partial charge in [-0.15, -0.1) is 0 Å². The fourth-order valence-corrected chi connectivity index (χ4v) is 1.45. The first-order valence-electron chi connectivity index (χ1n) is 4.47. The number of hydrogen-bond acceptors (Lipinski definition) is 3. The molecular formula is C10H11FN2O. The average Bonchev–Trinajstić information content (AvgIpc) is 2.67. The Labute approximate surface area is 81.4 Å². The second kappa shape index (κ2) is 3.75. The molecule has 0 spiro atoms. The lowest BCUT2D eigenvalue weighted by Crippen LogP contribution is -2.12. The van der Waals surface area contributed by atoms with E-state index in [1.165, 1.54) is 6.07 Å². The summed E-state index contributed by atoms with van der Waals surface area (Å²) in [5, 5.41) is 3.78. The minimum atomic E-state index is -0.310. The zero-order valence-electron chi connectivity index (χ0n) is 7.61. The molecule has 0 amide bonds. The molecule has 0 radical (unpaired) electrons. The third-order valence-electron chi connectivity index (χ3n) is 2.22. The normalized spacial score (nSPS) is 20.4. The molecule has 1 aliphatic rings. The van der Waals surface area contributed by atoms with Crippen LogP contribution in [0.5, 0.6) is 0 Å². The van der Waals surface area contributed by atoms with Crippen molar-refractivity contribution in [2.75, 3.05) is 6.54 Å². The first-order chi connectivity index (χ1) is 6.81. The number of halogens is 1. The molecule has 1 aromatic carbocycles. The molecule has 74 valence electrons. The monoisotopic (exact) mass is 194 g/mol. The first kappa shape index (κ1) is 9.15. The molecule has 0 unspecified atom stereocenters. The molecule has 4 heteroatoms. The second-order valence-corrected chi connectivity index (χ2v) is 3.18. The maximum atomic E-state index is 13.3. The van der Waals surface area contributed by atoms with Crippen LogP contribution in [0.25, 0.3) is 0 Å². The van der Waals surface area contributed by atoms with Crippen LogP contribution >= 0.6 is 0 Å². The summed E-state index contributed by atoms with van der Waals surface area (Å²) in [5.41, 5.74) is 6.73. The third kappa shape index (κ3) is 1.61. The molecule has 2 N–H and O–H groups in total. The van der Waals surface area contributed by atoms with Gasteiger partial charge >= 0.3 is 0 Å². The van der Waals surface area contributed by atoms with Gasteiger partial charge in [-0.3, -0.25) is 0 Å². The van der Waals surface area contributed by atoms with Gasteiger partial charge in [-0.05, 0) is 6.07 Å². The predicted octanol–water partition coefficient (Wildman–Crippen LogP) is 1.60. The van der Waals surface area contributed by atoms with Crippen LogP contribution in [0.1, 0.15) is 18.1 Å². The highest BCUT2D eigenvalue weighted by Crippen LogP contribution is 2.28. The van der Waals surface area contributed by atoms with Gasteiger partial charge in [0.15, 0.2) is 6.10 Å². The molecule has 2 rings (SSSR count). The summed E-state index contributed by atoms with van der Waals surface area (Å²) in [4.78, 5) is 5.09. The van der Waals surface area contributed by atoms with Gasteiger partial charge in [0.05, 0.1) is 5.71 Å². The van der Waals surface area contributed by atoms with E-state index < -0.39 is 0 Å². The van der Waals surface area contributed by atoms with Crippen LogP contribution in [0.3, 0.4) is 0 Å².